The molecule has 0 fully saturated rings. The van der Waals surface area contributed by atoms with Gasteiger partial charge in [0, 0.05) is 30.2 Å². The van der Waals surface area contributed by atoms with Gasteiger partial charge in [-0.25, -0.2) is 13.1 Å². The zero-order valence-electron chi connectivity index (χ0n) is 19.7. The summed E-state index contributed by atoms with van der Waals surface area (Å²) in [5, 5.41) is 13.7. The molecule has 0 bridgehead atoms. The van der Waals surface area contributed by atoms with Crippen molar-refractivity contribution in [3.05, 3.63) is 83.0 Å². The van der Waals surface area contributed by atoms with Gasteiger partial charge < -0.3 is 20.1 Å². The predicted molar refractivity (Wildman–Crippen MR) is 140 cm³/mol. The Hall–Kier alpha value is -3.37. The number of nitrogens with one attached hydrogen (secondary N) is 3. The van der Waals surface area contributed by atoms with Gasteiger partial charge in [0.2, 0.25) is 10.0 Å². The van der Waals surface area contributed by atoms with Crippen molar-refractivity contribution in [1.82, 2.24) is 15.0 Å². The molecule has 4 N–H and O–H groups in total. The molecule has 4 aromatic rings. The number of ether oxygens (including phenoxy) is 1. The average Bonchev–Trinajstić information content (AvgIpc) is 3.30. The number of amides is 1. The number of H-pyrrole nitrogens is 1. The summed E-state index contributed by atoms with van der Waals surface area (Å²) < 4.78 is 34.8. The van der Waals surface area contributed by atoms with Gasteiger partial charge in [0.05, 0.1) is 24.3 Å². The number of benzene rings is 3. The number of rotatable bonds is 9. The molecule has 4 rings (SSSR count). The van der Waals surface area contributed by atoms with Crippen LogP contribution in [-0.2, 0) is 16.4 Å². The quantitative estimate of drug-likeness (QED) is 0.264. The molecule has 0 aliphatic rings. The van der Waals surface area contributed by atoms with Crippen molar-refractivity contribution >= 4 is 38.4 Å². The van der Waals surface area contributed by atoms with Crippen molar-refractivity contribution in [2.24, 2.45) is 0 Å². The van der Waals surface area contributed by atoms with Crippen LogP contribution < -0.4 is 14.8 Å². The molecule has 8 nitrogen and oxygen atoms in total. The van der Waals surface area contributed by atoms with Crippen LogP contribution in [0, 0.1) is 0 Å². The molecule has 1 atom stereocenters. The van der Waals surface area contributed by atoms with Gasteiger partial charge >= 0.3 is 0 Å². The normalized spacial score (nSPS) is 12.4. The third kappa shape index (κ3) is 5.24. The molecule has 1 amide bonds. The Balaban J connectivity index is 1.64. The molecule has 1 heterocycles. The molecule has 0 radical (unpaired) electrons. The number of hydrogen-bond donors (Lipinski definition) is 4. The summed E-state index contributed by atoms with van der Waals surface area (Å²) in [5.74, 6) is -0.165. The van der Waals surface area contributed by atoms with Gasteiger partial charge in [-0.1, -0.05) is 41.9 Å². The third-order valence-electron chi connectivity index (χ3n) is 5.91. The van der Waals surface area contributed by atoms with E-state index in [1.165, 1.54) is 20.2 Å². The van der Waals surface area contributed by atoms with Gasteiger partial charge in [-0.05, 0) is 53.4 Å². The second-order valence-electron chi connectivity index (χ2n) is 8.20. The van der Waals surface area contributed by atoms with Gasteiger partial charge in [0.1, 0.15) is 10.6 Å². The highest BCUT2D eigenvalue weighted by Gasteiger charge is 2.25. The monoisotopic (exact) mass is 527 g/mol. The number of aliphatic hydroxyl groups excluding tert-OH is 1. The second-order valence-corrected chi connectivity index (χ2v) is 10.3. The smallest absolute Gasteiger partial charge is 0.252 e. The lowest BCUT2D eigenvalue weighted by molar-refractivity contribution is 0.0963. The molecular weight excluding hydrogens is 502 g/mol. The fourth-order valence-corrected chi connectivity index (χ4v) is 5.76. The van der Waals surface area contributed by atoms with Gasteiger partial charge in [0.25, 0.3) is 5.91 Å². The van der Waals surface area contributed by atoms with Crippen molar-refractivity contribution < 1.29 is 23.1 Å². The summed E-state index contributed by atoms with van der Waals surface area (Å²) in [7, 11) is -1.18. The first-order valence-electron chi connectivity index (χ1n) is 11.2. The van der Waals surface area contributed by atoms with Crippen molar-refractivity contribution in [2.45, 2.75) is 17.4 Å². The first kappa shape index (κ1) is 25.7. The number of sulfonamides is 1. The van der Waals surface area contributed by atoms with Crippen molar-refractivity contribution in [2.75, 3.05) is 20.8 Å². The number of aromatic amines is 1. The minimum absolute atomic E-state index is 0.0774. The van der Waals surface area contributed by atoms with E-state index in [1.54, 1.807) is 30.3 Å². The Kier molecular flexibility index (Phi) is 7.65. The summed E-state index contributed by atoms with van der Waals surface area (Å²) in [6.45, 7) is -0.392. The van der Waals surface area contributed by atoms with Crippen LogP contribution in [0.2, 0.25) is 5.02 Å². The van der Waals surface area contributed by atoms with Gasteiger partial charge in [-0.2, -0.15) is 0 Å². The van der Waals surface area contributed by atoms with E-state index in [9.17, 15) is 18.3 Å². The lowest BCUT2D eigenvalue weighted by Crippen LogP contribution is -2.39. The number of aromatic nitrogens is 1. The van der Waals surface area contributed by atoms with Crippen LogP contribution in [0.25, 0.3) is 22.0 Å². The van der Waals surface area contributed by atoms with Crippen molar-refractivity contribution in [1.29, 1.82) is 0 Å². The zero-order valence-corrected chi connectivity index (χ0v) is 21.3. The van der Waals surface area contributed by atoms with Gasteiger partial charge in [0.15, 0.2) is 0 Å². The summed E-state index contributed by atoms with van der Waals surface area (Å²) in [4.78, 5) is 15.0. The van der Waals surface area contributed by atoms with Crippen molar-refractivity contribution in [3.8, 4) is 16.9 Å². The maximum Gasteiger partial charge on any atom is 0.252 e. The standard InChI is InChI=1S/C26H26ClN3O5S/c1-28-26(32)21-9-7-16(12-22(21)27)17-8-10-24(35-2)25(13-17)36(33,34)30-19(15-31)11-18-14-29-23-6-4-3-5-20(18)23/h3-10,12-14,19,29-31H,11,15H2,1-2H3,(H,28,32). The largest absolute Gasteiger partial charge is 0.495 e. The van der Waals surface area contributed by atoms with E-state index in [0.29, 0.717) is 16.7 Å². The van der Waals surface area contributed by atoms with E-state index < -0.39 is 22.7 Å². The Morgan fingerprint density at radius 1 is 1.11 bits per heavy atom. The molecule has 1 unspecified atom stereocenters. The molecule has 1 aromatic heterocycles. The van der Waals surface area contributed by atoms with Gasteiger partial charge in [-0.15, -0.1) is 0 Å². The van der Waals surface area contributed by atoms with E-state index in [0.717, 1.165) is 16.5 Å². The molecular formula is C26H26ClN3O5S. The van der Waals surface area contributed by atoms with Gasteiger partial charge in [-0.3, -0.25) is 4.79 Å². The van der Waals surface area contributed by atoms with E-state index >= 15 is 0 Å². The van der Waals surface area contributed by atoms with E-state index in [2.05, 4.69) is 15.0 Å². The number of hydrogen-bond acceptors (Lipinski definition) is 5. The summed E-state index contributed by atoms with van der Waals surface area (Å²) in [5.41, 5.74) is 3.33. The number of carbonyl (C=O) groups is 1. The van der Waals surface area contributed by atoms with Crippen LogP contribution in [0.4, 0.5) is 0 Å². The molecule has 188 valence electrons. The SMILES string of the molecule is CNC(=O)c1ccc(-c2ccc(OC)c(S(=O)(=O)NC(CO)Cc3c[nH]c4ccccc34)c2)cc1Cl. The topological polar surface area (TPSA) is 121 Å². The molecule has 0 saturated heterocycles. The molecule has 0 saturated carbocycles. The van der Waals surface area contributed by atoms with Crippen LogP contribution in [-0.4, -0.2) is 51.2 Å². The number of carbonyl (C=O) groups excluding carboxylic acids is 1. The Morgan fingerprint density at radius 2 is 1.83 bits per heavy atom. The average molecular weight is 528 g/mol. The van der Waals surface area contributed by atoms with Crippen LogP contribution in [0.1, 0.15) is 15.9 Å². The van der Waals surface area contributed by atoms with E-state index in [4.69, 9.17) is 16.3 Å². The highest BCUT2D eigenvalue weighted by molar-refractivity contribution is 7.89. The minimum Gasteiger partial charge on any atom is -0.495 e. The van der Waals surface area contributed by atoms with Crippen LogP contribution >= 0.6 is 11.6 Å². The lowest BCUT2D eigenvalue weighted by atomic mass is 10.0. The highest BCUT2D eigenvalue weighted by atomic mass is 35.5. The third-order valence-corrected chi connectivity index (χ3v) is 7.77. The van der Waals surface area contributed by atoms with Crippen molar-refractivity contribution in [3.63, 3.8) is 0 Å². The molecule has 0 aliphatic carbocycles. The summed E-state index contributed by atoms with van der Waals surface area (Å²) in [6.07, 6.45) is 2.10. The van der Waals surface area contributed by atoms with Crippen LogP contribution in [0.15, 0.2) is 71.8 Å². The second kappa shape index (κ2) is 10.7. The van der Waals surface area contributed by atoms with E-state index in [-0.39, 0.29) is 28.0 Å². The Morgan fingerprint density at radius 3 is 2.53 bits per heavy atom. The number of aliphatic hydroxyl groups is 1. The molecule has 3 aromatic carbocycles. The summed E-state index contributed by atoms with van der Waals surface area (Å²) >= 11 is 6.29. The predicted octanol–water partition coefficient (Wildman–Crippen LogP) is 3.74. The molecule has 0 spiro atoms. The maximum absolute atomic E-state index is 13.4. The first-order chi connectivity index (χ1) is 17.3. The summed E-state index contributed by atoms with van der Waals surface area (Å²) in [6, 6.07) is 16.5. The fourth-order valence-electron chi connectivity index (χ4n) is 4.07. The first-order valence-corrected chi connectivity index (χ1v) is 13.0. The number of halogens is 1. The lowest BCUT2D eigenvalue weighted by Gasteiger charge is -2.18. The Bertz CT molecular complexity index is 1520. The molecule has 0 aliphatic heterocycles. The Labute approximate surface area is 214 Å². The zero-order chi connectivity index (χ0) is 25.9. The molecule has 10 heteroatoms. The minimum atomic E-state index is -4.08. The molecule has 36 heavy (non-hydrogen) atoms. The number of para-hydroxylation sites is 1. The van der Waals surface area contributed by atoms with Crippen LogP contribution in [0.5, 0.6) is 5.75 Å². The highest BCUT2D eigenvalue weighted by Crippen LogP contribution is 2.32. The number of methoxy groups -OCH3 is 1. The fraction of sp³-hybridized carbons (Fsp3) is 0.192. The van der Waals surface area contributed by atoms with Crippen LogP contribution in [0.3, 0.4) is 0 Å². The number of fused-ring (bicyclic) bond motifs is 1. The maximum atomic E-state index is 13.4. The van der Waals surface area contributed by atoms with E-state index in [1.807, 2.05) is 30.5 Å².